The van der Waals surface area contributed by atoms with Crippen molar-refractivity contribution >= 4 is 11.6 Å². The molecule has 0 saturated carbocycles. The average Bonchev–Trinajstić information content (AvgIpc) is 2.31. The van der Waals surface area contributed by atoms with Gasteiger partial charge in [-0.15, -0.1) is 0 Å². The molecular formula is C12H16F2N2O. The van der Waals surface area contributed by atoms with Crippen molar-refractivity contribution in [2.45, 2.75) is 25.8 Å². The van der Waals surface area contributed by atoms with Gasteiger partial charge in [-0.2, -0.15) is 0 Å². The van der Waals surface area contributed by atoms with Crippen molar-refractivity contribution in [1.82, 2.24) is 5.32 Å². The van der Waals surface area contributed by atoms with Gasteiger partial charge in [0.15, 0.2) is 0 Å². The highest BCUT2D eigenvalue weighted by Crippen LogP contribution is 2.13. The Balaban J connectivity index is 2.59. The van der Waals surface area contributed by atoms with Crippen LogP contribution in [0.5, 0.6) is 0 Å². The summed E-state index contributed by atoms with van der Waals surface area (Å²) in [5, 5.41) is 5.21. The maximum absolute atomic E-state index is 12.3. The van der Waals surface area contributed by atoms with Crippen LogP contribution in [0.3, 0.4) is 0 Å². The van der Waals surface area contributed by atoms with Crippen LogP contribution in [0.15, 0.2) is 24.3 Å². The predicted octanol–water partition coefficient (Wildman–Crippen LogP) is 2.04. The fraction of sp³-hybridized carbons (Fsp3) is 0.417. The van der Waals surface area contributed by atoms with Crippen molar-refractivity contribution in [3.05, 3.63) is 29.8 Å². The molecule has 5 heteroatoms. The first-order valence-electron chi connectivity index (χ1n) is 5.37. The van der Waals surface area contributed by atoms with Crippen molar-refractivity contribution in [1.29, 1.82) is 0 Å². The van der Waals surface area contributed by atoms with Gasteiger partial charge in [0.2, 0.25) is 5.91 Å². The van der Waals surface area contributed by atoms with E-state index in [-0.39, 0.29) is 5.91 Å². The molecule has 1 amide bonds. The zero-order chi connectivity index (χ0) is 12.8. The lowest BCUT2D eigenvalue weighted by molar-refractivity contribution is -0.119. The average molecular weight is 242 g/mol. The molecule has 0 spiro atoms. The molecule has 1 rings (SSSR count). The monoisotopic (exact) mass is 242 g/mol. The molecular weight excluding hydrogens is 226 g/mol. The van der Waals surface area contributed by atoms with Crippen molar-refractivity contribution in [2.75, 3.05) is 12.4 Å². The number of carbonyl (C=O) groups is 1. The molecule has 0 radical (unpaired) electrons. The van der Waals surface area contributed by atoms with Crippen molar-refractivity contribution < 1.29 is 13.6 Å². The van der Waals surface area contributed by atoms with E-state index in [9.17, 15) is 13.6 Å². The number of halogens is 2. The number of alkyl halides is 2. The Morgan fingerprint density at radius 1 is 1.29 bits per heavy atom. The molecule has 1 aromatic carbocycles. The largest absolute Gasteiger partial charge is 0.377 e. The first kappa shape index (κ1) is 13.4. The van der Waals surface area contributed by atoms with Crippen LogP contribution in [0.1, 0.15) is 12.5 Å². The number of hydrogen-bond acceptors (Lipinski definition) is 2. The highest BCUT2D eigenvalue weighted by Gasteiger charge is 2.13. The van der Waals surface area contributed by atoms with Gasteiger partial charge in [0.25, 0.3) is 6.43 Å². The topological polar surface area (TPSA) is 41.1 Å². The van der Waals surface area contributed by atoms with Crippen molar-refractivity contribution in [3.8, 4) is 0 Å². The van der Waals surface area contributed by atoms with Crippen LogP contribution < -0.4 is 10.6 Å². The van der Waals surface area contributed by atoms with Gasteiger partial charge in [0, 0.05) is 12.7 Å². The van der Waals surface area contributed by atoms with Crippen molar-refractivity contribution in [3.63, 3.8) is 0 Å². The molecule has 0 bridgehead atoms. The second-order valence-electron chi connectivity index (χ2n) is 3.81. The zero-order valence-corrected chi connectivity index (χ0v) is 9.84. The maximum atomic E-state index is 12.3. The molecule has 0 fully saturated rings. The third kappa shape index (κ3) is 4.38. The van der Waals surface area contributed by atoms with Gasteiger partial charge in [0.1, 0.15) is 0 Å². The van der Waals surface area contributed by atoms with E-state index in [2.05, 4.69) is 10.6 Å². The summed E-state index contributed by atoms with van der Waals surface area (Å²) in [5.41, 5.74) is 1.47. The second kappa shape index (κ2) is 6.18. The highest BCUT2D eigenvalue weighted by atomic mass is 19.3. The number of rotatable bonds is 5. The lowest BCUT2D eigenvalue weighted by Gasteiger charge is -2.14. The standard InChI is InChI=1S/C12H16F2N2O/c1-8(12(13)14)16-10-5-3-9(4-6-10)7-11(17)15-2/h3-6,8,12,16H,7H2,1-2H3,(H,15,17). The minimum atomic E-state index is -2.40. The highest BCUT2D eigenvalue weighted by molar-refractivity contribution is 5.78. The van der Waals surface area contributed by atoms with Gasteiger partial charge in [-0.25, -0.2) is 8.78 Å². The molecule has 1 aromatic rings. The van der Waals surface area contributed by atoms with Gasteiger partial charge in [-0.3, -0.25) is 4.79 Å². The summed E-state index contributed by atoms with van der Waals surface area (Å²) >= 11 is 0. The summed E-state index contributed by atoms with van der Waals surface area (Å²) in [6, 6.07) is 5.99. The Bertz CT molecular complexity index is 365. The van der Waals surface area contributed by atoms with Crippen LogP contribution in [0.4, 0.5) is 14.5 Å². The summed E-state index contributed by atoms with van der Waals surface area (Å²) in [7, 11) is 1.57. The molecule has 0 heterocycles. The van der Waals surface area contributed by atoms with Gasteiger partial charge < -0.3 is 10.6 Å². The summed E-state index contributed by atoms with van der Waals surface area (Å²) in [6.07, 6.45) is -2.11. The van der Waals surface area contributed by atoms with E-state index in [1.165, 1.54) is 6.92 Å². The van der Waals surface area contributed by atoms with Crippen LogP contribution in [0, 0.1) is 0 Å². The van der Waals surface area contributed by atoms with Crippen LogP contribution in [0.25, 0.3) is 0 Å². The fourth-order valence-electron chi connectivity index (χ4n) is 1.32. The van der Waals surface area contributed by atoms with Crippen LogP contribution in [0.2, 0.25) is 0 Å². The quantitative estimate of drug-likeness (QED) is 0.829. The lowest BCUT2D eigenvalue weighted by Crippen LogP contribution is -2.23. The van der Waals surface area contributed by atoms with Gasteiger partial charge >= 0.3 is 0 Å². The van der Waals surface area contributed by atoms with E-state index in [1.54, 1.807) is 31.3 Å². The Kier molecular flexibility index (Phi) is 4.87. The van der Waals surface area contributed by atoms with Crippen LogP contribution in [-0.4, -0.2) is 25.4 Å². The van der Waals surface area contributed by atoms with E-state index in [0.717, 1.165) is 5.56 Å². The first-order valence-corrected chi connectivity index (χ1v) is 5.37. The van der Waals surface area contributed by atoms with E-state index < -0.39 is 12.5 Å². The molecule has 94 valence electrons. The molecule has 0 aliphatic heterocycles. The summed E-state index contributed by atoms with van der Waals surface area (Å²) in [4.78, 5) is 11.1. The molecule has 0 aliphatic carbocycles. The number of anilines is 1. The molecule has 2 N–H and O–H groups in total. The number of likely N-dealkylation sites (N-methyl/N-ethyl adjacent to an activating group) is 1. The Hall–Kier alpha value is -1.65. The summed E-state index contributed by atoms with van der Waals surface area (Å²) in [5.74, 6) is -0.0772. The third-order valence-electron chi connectivity index (χ3n) is 2.37. The van der Waals surface area contributed by atoms with E-state index in [1.807, 2.05) is 0 Å². The zero-order valence-electron chi connectivity index (χ0n) is 9.84. The van der Waals surface area contributed by atoms with Crippen molar-refractivity contribution in [2.24, 2.45) is 0 Å². The number of hydrogen-bond donors (Lipinski definition) is 2. The number of carbonyl (C=O) groups excluding carboxylic acids is 1. The number of benzene rings is 1. The third-order valence-corrected chi connectivity index (χ3v) is 2.37. The normalized spacial score (nSPS) is 12.3. The Labute approximate surface area is 99.2 Å². The number of amides is 1. The van der Waals surface area contributed by atoms with E-state index in [4.69, 9.17) is 0 Å². The van der Waals surface area contributed by atoms with E-state index >= 15 is 0 Å². The minimum absolute atomic E-state index is 0.0772. The smallest absolute Gasteiger partial charge is 0.258 e. The lowest BCUT2D eigenvalue weighted by atomic mass is 10.1. The maximum Gasteiger partial charge on any atom is 0.258 e. The van der Waals surface area contributed by atoms with Gasteiger partial charge in [-0.05, 0) is 24.6 Å². The molecule has 3 nitrogen and oxygen atoms in total. The minimum Gasteiger partial charge on any atom is -0.377 e. The first-order chi connectivity index (χ1) is 8.02. The molecule has 1 atom stereocenters. The predicted molar refractivity (Wildman–Crippen MR) is 63.3 cm³/mol. The fourth-order valence-corrected chi connectivity index (χ4v) is 1.32. The summed E-state index contributed by atoms with van der Waals surface area (Å²) < 4.78 is 24.6. The van der Waals surface area contributed by atoms with Crippen LogP contribution >= 0.6 is 0 Å². The number of nitrogens with one attached hydrogen (secondary N) is 2. The molecule has 1 unspecified atom stereocenters. The van der Waals surface area contributed by atoms with Gasteiger partial charge in [-0.1, -0.05) is 12.1 Å². The molecule has 0 aromatic heterocycles. The SMILES string of the molecule is CNC(=O)Cc1ccc(NC(C)C(F)F)cc1. The molecule has 0 aliphatic rings. The Morgan fingerprint density at radius 2 is 1.88 bits per heavy atom. The molecule has 17 heavy (non-hydrogen) atoms. The van der Waals surface area contributed by atoms with Gasteiger partial charge in [0.05, 0.1) is 12.5 Å². The second-order valence-corrected chi connectivity index (χ2v) is 3.81. The Morgan fingerprint density at radius 3 is 2.35 bits per heavy atom. The molecule has 0 saturated heterocycles. The summed E-state index contributed by atoms with van der Waals surface area (Å²) in [6.45, 7) is 1.42. The van der Waals surface area contributed by atoms with Crippen LogP contribution in [-0.2, 0) is 11.2 Å². The van der Waals surface area contributed by atoms with E-state index in [0.29, 0.717) is 12.1 Å².